The van der Waals surface area contributed by atoms with Crippen molar-refractivity contribution in [2.45, 2.75) is 13.8 Å². The first-order chi connectivity index (χ1) is 6.95. The summed E-state index contributed by atoms with van der Waals surface area (Å²) in [5.41, 5.74) is 1.25. The van der Waals surface area contributed by atoms with Crippen LogP contribution >= 0.6 is 0 Å². The number of carbonyl (C=O) groups is 1. The van der Waals surface area contributed by atoms with Crippen LogP contribution in [0.2, 0.25) is 0 Å². The van der Waals surface area contributed by atoms with Gasteiger partial charge in [-0.05, 0) is 26.0 Å². The third-order valence-corrected chi connectivity index (χ3v) is 1.99. The maximum atomic E-state index is 11.8. The maximum Gasteiger partial charge on any atom is 0.260 e. The van der Waals surface area contributed by atoms with Crippen LogP contribution in [0.5, 0.6) is 0 Å². The summed E-state index contributed by atoms with van der Waals surface area (Å²) in [5.74, 6) is -0.586. The fraction of sp³-hybridized carbons (Fsp3) is 0.250. The van der Waals surface area contributed by atoms with Crippen molar-refractivity contribution in [1.29, 1.82) is 0 Å². The highest BCUT2D eigenvalue weighted by atomic mass is 16.3. The Balaban J connectivity index is 5.22. The molecule has 82 valence electrons. The average Bonchev–Trinajstić information content (AvgIpc) is 2.22. The molecule has 0 atom stereocenters. The normalized spacial score (nSPS) is 12.2. The molecule has 0 aliphatic heterocycles. The van der Waals surface area contributed by atoms with E-state index in [-0.39, 0.29) is 11.8 Å². The number of nitrogens with zero attached hydrogens (tertiary/aromatic N) is 1. The summed E-state index contributed by atoms with van der Waals surface area (Å²) in [6, 6.07) is 0. The van der Waals surface area contributed by atoms with Crippen LogP contribution in [-0.4, -0.2) is 23.0 Å². The second-order valence-electron chi connectivity index (χ2n) is 3.08. The van der Waals surface area contributed by atoms with Crippen molar-refractivity contribution in [2.24, 2.45) is 0 Å². The van der Waals surface area contributed by atoms with Gasteiger partial charge in [-0.25, -0.2) is 0 Å². The number of aliphatic hydroxyl groups is 1. The van der Waals surface area contributed by atoms with Crippen LogP contribution in [0.3, 0.4) is 0 Å². The van der Waals surface area contributed by atoms with Crippen LogP contribution in [0.4, 0.5) is 0 Å². The van der Waals surface area contributed by atoms with Gasteiger partial charge in [0.25, 0.3) is 5.91 Å². The Kier molecular flexibility index (Phi) is 5.16. The predicted molar refractivity (Wildman–Crippen MR) is 62.2 cm³/mol. The number of aliphatic hydroxyl groups excluding tert-OH is 1. The van der Waals surface area contributed by atoms with Gasteiger partial charge in [-0.3, -0.25) is 9.69 Å². The summed E-state index contributed by atoms with van der Waals surface area (Å²) < 4.78 is 0. The van der Waals surface area contributed by atoms with Crippen molar-refractivity contribution >= 4 is 5.91 Å². The van der Waals surface area contributed by atoms with Crippen molar-refractivity contribution in [3.8, 4) is 0 Å². The fourth-order valence-electron chi connectivity index (χ4n) is 0.946. The molecule has 15 heavy (non-hydrogen) atoms. The van der Waals surface area contributed by atoms with E-state index in [2.05, 4.69) is 13.2 Å². The quantitative estimate of drug-likeness (QED) is 0.437. The molecular formula is C12H17NO2. The summed E-state index contributed by atoms with van der Waals surface area (Å²) >= 11 is 0. The van der Waals surface area contributed by atoms with Gasteiger partial charge in [0.15, 0.2) is 5.88 Å². The number of carbonyl (C=O) groups excluding carboxylic acids is 1. The van der Waals surface area contributed by atoms with Gasteiger partial charge in [0.2, 0.25) is 0 Å². The molecule has 0 fully saturated rings. The van der Waals surface area contributed by atoms with Crippen LogP contribution in [-0.2, 0) is 4.79 Å². The highest BCUT2D eigenvalue weighted by Gasteiger charge is 2.15. The Hall–Kier alpha value is -1.77. The second-order valence-corrected chi connectivity index (χ2v) is 3.08. The Morgan fingerprint density at radius 1 is 1.47 bits per heavy atom. The lowest BCUT2D eigenvalue weighted by atomic mass is 10.1. The topological polar surface area (TPSA) is 40.5 Å². The van der Waals surface area contributed by atoms with Crippen molar-refractivity contribution in [2.75, 3.05) is 7.05 Å². The van der Waals surface area contributed by atoms with Crippen molar-refractivity contribution < 1.29 is 9.90 Å². The fourth-order valence-corrected chi connectivity index (χ4v) is 0.946. The molecule has 0 rings (SSSR count). The predicted octanol–water partition coefficient (Wildman–Crippen LogP) is 2.55. The molecule has 0 spiro atoms. The molecule has 0 saturated heterocycles. The summed E-state index contributed by atoms with van der Waals surface area (Å²) in [6.07, 6.45) is 5.04. The maximum absolute atomic E-state index is 11.8. The zero-order valence-electron chi connectivity index (χ0n) is 9.45. The summed E-state index contributed by atoms with van der Waals surface area (Å²) in [5, 5.41) is 9.10. The van der Waals surface area contributed by atoms with Gasteiger partial charge in [-0.15, -0.1) is 0 Å². The second kappa shape index (κ2) is 5.86. The monoisotopic (exact) mass is 207 g/mol. The molecule has 0 aliphatic carbocycles. The SMILES string of the molecule is C=C/C(C)=C(\C=C/C)C(=O)N(C)C(=C)O. The highest BCUT2D eigenvalue weighted by molar-refractivity contribution is 5.97. The van der Waals surface area contributed by atoms with Crippen molar-refractivity contribution in [3.05, 3.63) is 48.4 Å². The minimum Gasteiger partial charge on any atom is -0.495 e. The van der Waals surface area contributed by atoms with Crippen LogP contribution in [0.15, 0.2) is 48.4 Å². The number of amides is 1. The van der Waals surface area contributed by atoms with E-state index in [1.165, 1.54) is 7.05 Å². The smallest absolute Gasteiger partial charge is 0.260 e. The van der Waals surface area contributed by atoms with Crippen LogP contribution in [0, 0.1) is 0 Å². The summed E-state index contributed by atoms with van der Waals surface area (Å²) in [6.45, 7) is 10.5. The van der Waals surface area contributed by atoms with Crippen LogP contribution < -0.4 is 0 Å². The minimum absolute atomic E-state index is 0.279. The molecule has 0 heterocycles. The molecule has 0 radical (unpaired) electrons. The lowest BCUT2D eigenvalue weighted by Gasteiger charge is -2.16. The van der Waals surface area contributed by atoms with E-state index in [9.17, 15) is 4.79 Å². The van der Waals surface area contributed by atoms with Gasteiger partial charge in [0.1, 0.15) is 0 Å². The molecule has 0 bridgehead atoms. The Labute approximate surface area is 90.7 Å². The van der Waals surface area contributed by atoms with E-state index in [0.717, 1.165) is 10.5 Å². The summed E-state index contributed by atoms with van der Waals surface area (Å²) in [4.78, 5) is 12.9. The van der Waals surface area contributed by atoms with E-state index < -0.39 is 0 Å². The minimum atomic E-state index is -0.307. The zero-order valence-corrected chi connectivity index (χ0v) is 9.45. The van der Waals surface area contributed by atoms with Crippen molar-refractivity contribution in [1.82, 2.24) is 4.90 Å². The average molecular weight is 207 g/mol. The number of rotatable bonds is 4. The Bertz CT molecular complexity index is 338. The molecule has 0 unspecified atom stereocenters. The van der Waals surface area contributed by atoms with Crippen molar-refractivity contribution in [3.63, 3.8) is 0 Å². The third-order valence-electron chi connectivity index (χ3n) is 1.99. The zero-order chi connectivity index (χ0) is 12.0. The molecule has 0 aromatic carbocycles. The Morgan fingerprint density at radius 2 is 2.00 bits per heavy atom. The molecular weight excluding hydrogens is 190 g/mol. The van der Waals surface area contributed by atoms with Gasteiger partial charge in [-0.1, -0.05) is 24.8 Å². The lowest BCUT2D eigenvalue weighted by molar-refractivity contribution is -0.125. The van der Waals surface area contributed by atoms with Gasteiger partial charge < -0.3 is 5.11 Å². The van der Waals surface area contributed by atoms with E-state index in [4.69, 9.17) is 5.11 Å². The van der Waals surface area contributed by atoms with E-state index in [1.807, 2.05) is 6.92 Å². The number of hydrogen-bond acceptors (Lipinski definition) is 2. The lowest BCUT2D eigenvalue weighted by Crippen LogP contribution is -2.26. The van der Waals surface area contributed by atoms with Crippen LogP contribution in [0.1, 0.15) is 13.8 Å². The third kappa shape index (κ3) is 3.46. The Morgan fingerprint density at radius 3 is 2.33 bits per heavy atom. The molecule has 3 heteroatoms. The van der Waals surface area contributed by atoms with E-state index >= 15 is 0 Å². The van der Waals surface area contributed by atoms with Gasteiger partial charge in [0.05, 0.1) is 0 Å². The first-order valence-electron chi connectivity index (χ1n) is 4.57. The van der Waals surface area contributed by atoms with Gasteiger partial charge in [0, 0.05) is 12.6 Å². The standard InChI is InChI=1S/C12H17NO2/c1-6-8-11(9(3)7-2)12(15)13(5)10(4)14/h6-8,14H,2,4H2,1,3,5H3/b8-6-,11-9+. The van der Waals surface area contributed by atoms with E-state index in [0.29, 0.717) is 5.57 Å². The summed E-state index contributed by atoms with van der Waals surface area (Å²) in [7, 11) is 1.46. The van der Waals surface area contributed by atoms with Gasteiger partial charge in [-0.2, -0.15) is 0 Å². The molecule has 1 amide bonds. The first kappa shape index (κ1) is 13.2. The van der Waals surface area contributed by atoms with Gasteiger partial charge >= 0.3 is 0 Å². The molecule has 3 nitrogen and oxygen atoms in total. The van der Waals surface area contributed by atoms with E-state index in [1.54, 1.807) is 25.2 Å². The molecule has 0 aromatic heterocycles. The highest BCUT2D eigenvalue weighted by Crippen LogP contribution is 2.12. The number of hydrogen-bond donors (Lipinski definition) is 1. The van der Waals surface area contributed by atoms with Crippen LogP contribution in [0.25, 0.3) is 0 Å². The molecule has 0 saturated carbocycles. The number of likely N-dealkylation sites (N-methyl/N-ethyl adjacent to an activating group) is 1. The molecule has 0 aromatic rings. The largest absolute Gasteiger partial charge is 0.495 e. The molecule has 0 aliphatic rings. The number of allylic oxidation sites excluding steroid dienone is 3. The molecule has 1 N–H and O–H groups in total. The first-order valence-corrected chi connectivity index (χ1v) is 4.57.